The predicted molar refractivity (Wildman–Crippen MR) is 126 cm³/mol. The van der Waals surface area contributed by atoms with Crippen LogP contribution in [0.3, 0.4) is 0 Å². The van der Waals surface area contributed by atoms with Gasteiger partial charge in [-0.25, -0.2) is 4.39 Å². The highest BCUT2D eigenvalue weighted by Crippen LogP contribution is 2.26. The van der Waals surface area contributed by atoms with E-state index in [0.717, 1.165) is 27.6 Å². The van der Waals surface area contributed by atoms with E-state index in [1.807, 2.05) is 47.2 Å². The number of anilines is 1. The molecule has 32 heavy (non-hydrogen) atoms. The van der Waals surface area contributed by atoms with Crippen molar-refractivity contribution in [1.82, 2.24) is 4.57 Å². The summed E-state index contributed by atoms with van der Waals surface area (Å²) in [5.74, 6) is -0.807. The Labute approximate surface area is 190 Å². The lowest BCUT2D eigenvalue weighted by Gasteiger charge is -2.08. The van der Waals surface area contributed by atoms with Gasteiger partial charge in [0.05, 0.1) is 0 Å². The Morgan fingerprint density at radius 2 is 1.94 bits per heavy atom. The number of hydrogen-bond donors (Lipinski definition) is 1. The van der Waals surface area contributed by atoms with E-state index in [-0.39, 0.29) is 11.4 Å². The smallest absolute Gasteiger partial charge is 0.266 e. The van der Waals surface area contributed by atoms with Crippen LogP contribution in [0, 0.1) is 24.1 Å². The highest BCUT2D eigenvalue weighted by atomic mass is 35.5. The van der Waals surface area contributed by atoms with Crippen molar-refractivity contribution in [2.45, 2.75) is 13.5 Å². The van der Waals surface area contributed by atoms with Crippen LogP contribution in [0.4, 0.5) is 10.1 Å². The van der Waals surface area contributed by atoms with Gasteiger partial charge in [0.25, 0.3) is 5.91 Å². The second-order valence-corrected chi connectivity index (χ2v) is 7.80. The Morgan fingerprint density at radius 1 is 1.16 bits per heavy atom. The SMILES string of the molecule is Cc1c(Cl)cccc1NC(=O)/C(C#N)=C/c1cn(Cc2cccc(F)c2)c2ccccc12. The minimum absolute atomic E-state index is 0.0296. The lowest BCUT2D eigenvalue weighted by molar-refractivity contribution is -0.112. The summed E-state index contributed by atoms with van der Waals surface area (Å²) in [5, 5.41) is 13.8. The molecule has 1 N–H and O–H groups in total. The maximum absolute atomic E-state index is 13.6. The first kappa shape index (κ1) is 21.4. The quantitative estimate of drug-likeness (QED) is 0.289. The first-order valence-electron chi connectivity index (χ1n) is 9.97. The van der Waals surface area contributed by atoms with E-state index in [4.69, 9.17) is 11.6 Å². The Hall–Kier alpha value is -3.88. The van der Waals surface area contributed by atoms with E-state index in [0.29, 0.717) is 17.3 Å². The van der Waals surface area contributed by atoms with E-state index < -0.39 is 5.91 Å². The van der Waals surface area contributed by atoms with Crippen molar-refractivity contribution in [2.24, 2.45) is 0 Å². The minimum Gasteiger partial charge on any atom is -0.342 e. The highest BCUT2D eigenvalue weighted by molar-refractivity contribution is 6.31. The minimum atomic E-state index is -0.514. The van der Waals surface area contributed by atoms with Gasteiger partial charge in [0.1, 0.15) is 17.5 Å². The normalized spacial score (nSPS) is 11.4. The fourth-order valence-electron chi connectivity index (χ4n) is 3.59. The van der Waals surface area contributed by atoms with E-state index in [1.165, 1.54) is 12.1 Å². The summed E-state index contributed by atoms with van der Waals surface area (Å²) >= 11 is 6.13. The van der Waals surface area contributed by atoms with E-state index >= 15 is 0 Å². The van der Waals surface area contributed by atoms with Gasteiger partial charge in [-0.05, 0) is 54.5 Å². The molecule has 0 bridgehead atoms. The van der Waals surface area contributed by atoms with Crippen molar-refractivity contribution in [3.63, 3.8) is 0 Å². The number of amides is 1. The van der Waals surface area contributed by atoms with Crippen LogP contribution in [0.5, 0.6) is 0 Å². The zero-order valence-corrected chi connectivity index (χ0v) is 18.0. The second-order valence-electron chi connectivity index (χ2n) is 7.40. The maximum atomic E-state index is 13.6. The molecular formula is C26H19ClFN3O. The molecule has 4 aromatic rings. The molecule has 0 fully saturated rings. The van der Waals surface area contributed by atoms with Gasteiger partial charge in [0.2, 0.25) is 0 Å². The number of rotatable bonds is 5. The number of carbonyl (C=O) groups excluding carboxylic acids is 1. The third-order valence-electron chi connectivity index (χ3n) is 5.24. The van der Waals surface area contributed by atoms with Crippen LogP contribution < -0.4 is 5.32 Å². The Bertz CT molecular complexity index is 1400. The number of benzene rings is 3. The van der Waals surface area contributed by atoms with Crippen molar-refractivity contribution in [3.8, 4) is 6.07 Å². The number of carbonyl (C=O) groups is 1. The number of fused-ring (bicyclic) bond motifs is 1. The van der Waals surface area contributed by atoms with Gasteiger partial charge in [-0.2, -0.15) is 5.26 Å². The van der Waals surface area contributed by atoms with Crippen molar-refractivity contribution in [1.29, 1.82) is 5.26 Å². The monoisotopic (exact) mass is 443 g/mol. The number of halogens is 2. The molecule has 1 amide bonds. The number of nitrogens with zero attached hydrogens (tertiary/aromatic N) is 2. The molecular weight excluding hydrogens is 425 g/mol. The van der Waals surface area contributed by atoms with E-state index in [9.17, 15) is 14.4 Å². The number of aromatic nitrogens is 1. The van der Waals surface area contributed by atoms with Crippen LogP contribution in [0.15, 0.2) is 78.5 Å². The summed E-state index contributed by atoms with van der Waals surface area (Å²) in [6.07, 6.45) is 3.43. The molecule has 0 unspecified atom stereocenters. The van der Waals surface area contributed by atoms with E-state index in [1.54, 1.807) is 37.3 Å². The molecule has 0 aliphatic heterocycles. The zero-order chi connectivity index (χ0) is 22.7. The lowest BCUT2D eigenvalue weighted by Crippen LogP contribution is -2.14. The number of para-hydroxylation sites is 1. The summed E-state index contributed by atoms with van der Waals surface area (Å²) in [6.45, 7) is 2.26. The fourth-order valence-corrected chi connectivity index (χ4v) is 3.76. The molecule has 0 spiro atoms. The van der Waals surface area contributed by atoms with Crippen LogP contribution in [0.2, 0.25) is 5.02 Å². The number of hydrogen-bond acceptors (Lipinski definition) is 2. The molecule has 0 aliphatic rings. The topological polar surface area (TPSA) is 57.8 Å². The first-order valence-corrected chi connectivity index (χ1v) is 10.3. The second kappa shape index (κ2) is 9.09. The van der Waals surface area contributed by atoms with Crippen LogP contribution in [0.1, 0.15) is 16.7 Å². The molecule has 1 aromatic heterocycles. The molecule has 158 valence electrons. The van der Waals surface area contributed by atoms with Gasteiger partial charge in [-0.3, -0.25) is 4.79 Å². The molecule has 0 saturated heterocycles. The van der Waals surface area contributed by atoms with E-state index in [2.05, 4.69) is 5.32 Å². The van der Waals surface area contributed by atoms with Crippen LogP contribution in [-0.2, 0) is 11.3 Å². The summed E-state index contributed by atoms with van der Waals surface area (Å²) in [4.78, 5) is 12.8. The Kier molecular flexibility index (Phi) is 6.07. The van der Waals surface area contributed by atoms with Crippen molar-refractivity contribution in [2.75, 3.05) is 5.32 Å². The third-order valence-corrected chi connectivity index (χ3v) is 5.65. The number of nitrogens with one attached hydrogen (secondary N) is 1. The molecule has 6 heteroatoms. The summed E-state index contributed by atoms with van der Waals surface area (Å²) in [5.41, 5.74) is 3.72. The van der Waals surface area contributed by atoms with Crippen molar-refractivity contribution >= 4 is 40.2 Å². The predicted octanol–water partition coefficient (Wildman–Crippen LogP) is 6.34. The average Bonchev–Trinajstić information content (AvgIpc) is 3.12. The lowest BCUT2D eigenvalue weighted by atomic mass is 10.1. The summed E-state index contributed by atoms with van der Waals surface area (Å²) < 4.78 is 15.6. The van der Waals surface area contributed by atoms with Crippen molar-refractivity contribution < 1.29 is 9.18 Å². The van der Waals surface area contributed by atoms with Gasteiger partial charge < -0.3 is 9.88 Å². The molecule has 4 rings (SSSR count). The largest absolute Gasteiger partial charge is 0.342 e. The summed E-state index contributed by atoms with van der Waals surface area (Å²) in [7, 11) is 0. The van der Waals surface area contributed by atoms with Crippen LogP contribution in [-0.4, -0.2) is 10.5 Å². The third kappa shape index (κ3) is 4.41. The van der Waals surface area contributed by atoms with Crippen molar-refractivity contribution in [3.05, 3.63) is 106 Å². The molecule has 3 aromatic carbocycles. The Morgan fingerprint density at radius 3 is 2.72 bits per heavy atom. The first-order chi connectivity index (χ1) is 15.5. The van der Waals surface area contributed by atoms with Gasteiger partial charge in [0, 0.05) is 39.9 Å². The number of nitriles is 1. The van der Waals surface area contributed by atoms with Gasteiger partial charge >= 0.3 is 0 Å². The molecule has 0 aliphatic carbocycles. The van der Waals surface area contributed by atoms with Crippen LogP contribution >= 0.6 is 11.6 Å². The molecule has 4 nitrogen and oxygen atoms in total. The summed E-state index contributed by atoms with van der Waals surface area (Å²) in [6, 6.07) is 21.3. The molecule has 0 atom stereocenters. The zero-order valence-electron chi connectivity index (χ0n) is 17.3. The molecule has 1 heterocycles. The highest BCUT2D eigenvalue weighted by Gasteiger charge is 2.14. The molecule has 0 radical (unpaired) electrons. The van der Waals surface area contributed by atoms with Crippen LogP contribution in [0.25, 0.3) is 17.0 Å². The average molecular weight is 444 g/mol. The van der Waals surface area contributed by atoms with Gasteiger partial charge in [-0.1, -0.05) is 48.0 Å². The van der Waals surface area contributed by atoms with Gasteiger partial charge in [0.15, 0.2) is 0 Å². The standard InChI is InChI=1S/C26H19ClFN3O/c1-17-23(27)9-5-10-24(17)30-26(32)19(14-29)13-20-16-31(25-11-3-2-8-22(20)25)15-18-6-4-7-21(28)12-18/h2-13,16H,15H2,1H3,(H,30,32)/b19-13+. The van der Waals surface area contributed by atoms with Gasteiger partial charge in [-0.15, -0.1) is 0 Å². The fraction of sp³-hybridized carbons (Fsp3) is 0.0769. The maximum Gasteiger partial charge on any atom is 0.266 e. The molecule has 0 saturated carbocycles. The Balaban J connectivity index is 1.69.